The van der Waals surface area contributed by atoms with Crippen LogP contribution >= 0.6 is 11.6 Å². The number of anilines is 1. The van der Waals surface area contributed by atoms with Crippen LogP contribution in [-0.4, -0.2) is 44.4 Å². The van der Waals surface area contributed by atoms with Gasteiger partial charge in [-0.15, -0.1) is 0 Å². The standard InChI is InChI=1S/C33H32ClFN2O6/c1-19-20(14-26(35)21-12-13-22(18-38)29(15-21)40-2)8-6-9-23(19)24-10-7-11-27(31(24)34)37-32(39)28-16-30(41-3)25(17-36-28)33(42-4)43-5/h6-17,33,38H,18H2,1-5H3,(H,37,39)/b26-14-. The Morgan fingerprint density at radius 2 is 1.70 bits per heavy atom. The molecule has 1 amide bonds. The number of rotatable bonds is 11. The number of nitrogens with one attached hydrogen (secondary N) is 1. The highest BCUT2D eigenvalue weighted by molar-refractivity contribution is 6.36. The number of ether oxygens (including phenoxy) is 4. The van der Waals surface area contributed by atoms with Crippen LogP contribution in [0, 0.1) is 6.92 Å². The summed E-state index contributed by atoms with van der Waals surface area (Å²) in [5, 5.41) is 12.6. The maximum absolute atomic E-state index is 15.3. The summed E-state index contributed by atoms with van der Waals surface area (Å²) in [6.07, 6.45) is 2.19. The normalized spacial score (nSPS) is 11.5. The summed E-state index contributed by atoms with van der Waals surface area (Å²) in [6, 6.07) is 17.0. The third-order valence-electron chi connectivity index (χ3n) is 6.96. The maximum Gasteiger partial charge on any atom is 0.274 e. The van der Waals surface area contributed by atoms with E-state index in [9.17, 15) is 9.90 Å². The lowest BCUT2D eigenvalue weighted by Gasteiger charge is -2.17. The zero-order chi connectivity index (χ0) is 31.1. The number of aliphatic hydroxyl groups excluding tert-OH is 1. The number of carbonyl (C=O) groups excluding carboxylic acids is 1. The molecule has 8 nitrogen and oxygen atoms in total. The fraction of sp³-hybridized carbons (Fsp3) is 0.212. The number of nitrogens with zero attached hydrogens (tertiary/aromatic N) is 1. The van der Waals surface area contributed by atoms with E-state index in [4.69, 9.17) is 30.5 Å². The summed E-state index contributed by atoms with van der Waals surface area (Å²) in [5.74, 6) is -0.178. The molecular weight excluding hydrogens is 575 g/mol. The van der Waals surface area contributed by atoms with Gasteiger partial charge in [0, 0.05) is 43.2 Å². The van der Waals surface area contributed by atoms with E-state index in [0.717, 1.165) is 11.1 Å². The molecule has 4 aromatic rings. The molecule has 0 spiro atoms. The van der Waals surface area contributed by atoms with E-state index in [-0.39, 0.29) is 12.3 Å². The first-order valence-corrected chi connectivity index (χ1v) is 13.6. The van der Waals surface area contributed by atoms with Crippen molar-refractivity contribution in [3.63, 3.8) is 0 Å². The largest absolute Gasteiger partial charge is 0.496 e. The van der Waals surface area contributed by atoms with E-state index in [1.54, 1.807) is 36.4 Å². The van der Waals surface area contributed by atoms with E-state index in [2.05, 4.69) is 10.3 Å². The fourth-order valence-corrected chi connectivity index (χ4v) is 4.92. The van der Waals surface area contributed by atoms with E-state index < -0.39 is 18.0 Å². The van der Waals surface area contributed by atoms with Gasteiger partial charge in [-0.1, -0.05) is 54.1 Å². The molecule has 0 radical (unpaired) electrons. The smallest absolute Gasteiger partial charge is 0.274 e. The van der Waals surface area contributed by atoms with Gasteiger partial charge in [0.15, 0.2) is 6.29 Å². The highest BCUT2D eigenvalue weighted by Gasteiger charge is 2.20. The summed E-state index contributed by atoms with van der Waals surface area (Å²) in [5.41, 5.74) is 4.76. The molecule has 10 heteroatoms. The van der Waals surface area contributed by atoms with E-state index in [1.165, 1.54) is 46.8 Å². The number of pyridine rings is 1. The van der Waals surface area contributed by atoms with Crippen LogP contribution in [0.15, 0.2) is 66.9 Å². The van der Waals surface area contributed by atoms with Crippen molar-refractivity contribution in [2.24, 2.45) is 0 Å². The number of benzene rings is 3. The first kappa shape index (κ1) is 31.7. The van der Waals surface area contributed by atoms with Crippen molar-refractivity contribution in [1.82, 2.24) is 4.98 Å². The van der Waals surface area contributed by atoms with E-state index >= 15 is 4.39 Å². The van der Waals surface area contributed by atoms with Crippen molar-refractivity contribution in [3.05, 3.63) is 105 Å². The van der Waals surface area contributed by atoms with Crippen LogP contribution in [0.2, 0.25) is 5.02 Å². The Morgan fingerprint density at radius 1 is 1.00 bits per heavy atom. The van der Waals surface area contributed by atoms with Gasteiger partial charge in [0.25, 0.3) is 5.91 Å². The molecule has 3 aromatic carbocycles. The molecule has 0 fully saturated rings. The molecule has 0 saturated carbocycles. The number of methoxy groups -OCH3 is 4. The molecule has 0 aliphatic rings. The molecule has 1 aromatic heterocycles. The molecule has 4 rings (SSSR count). The lowest BCUT2D eigenvalue weighted by Crippen LogP contribution is -2.15. The van der Waals surface area contributed by atoms with E-state index in [0.29, 0.717) is 50.0 Å². The van der Waals surface area contributed by atoms with Crippen molar-refractivity contribution < 1.29 is 33.2 Å². The van der Waals surface area contributed by atoms with Gasteiger partial charge in [-0.05, 0) is 41.8 Å². The van der Waals surface area contributed by atoms with Gasteiger partial charge in [0.1, 0.15) is 23.0 Å². The number of carbonyl (C=O) groups is 1. The molecular formula is C33H32ClFN2O6. The first-order chi connectivity index (χ1) is 20.8. The minimum absolute atomic E-state index is 0.107. The van der Waals surface area contributed by atoms with Crippen molar-refractivity contribution in [2.45, 2.75) is 19.8 Å². The Bertz CT molecular complexity index is 1650. The Kier molecular flexibility index (Phi) is 10.5. The van der Waals surface area contributed by atoms with Gasteiger partial charge in [-0.2, -0.15) is 0 Å². The second-order valence-corrected chi connectivity index (χ2v) is 9.81. The maximum atomic E-state index is 15.3. The number of aromatic nitrogens is 1. The number of amides is 1. The molecule has 0 aliphatic heterocycles. The SMILES string of the molecule is COc1cc(/C(F)=C/c2cccc(-c3cccc(NC(=O)c4cc(OC)c(C(OC)OC)cn4)c3Cl)c2C)ccc1CO. The first-order valence-electron chi connectivity index (χ1n) is 13.2. The fourth-order valence-electron chi connectivity index (χ4n) is 4.64. The molecule has 224 valence electrons. The summed E-state index contributed by atoms with van der Waals surface area (Å²) in [4.78, 5) is 17.4. The van der Waals surface area contributed by atoms with Crippen molar-refractivity contribution in [2.75, 3.05) is 33.8 Å². The lowest BCUT2D eigenvalue weighted by atomic mass is 9.95. The number of hydrogen-bond donors (Lipinski definition) is 2. The highest BCUT2D eigenvalue weighted by atomic mass is 35.5. The van der Waals surface area contributed by atoms with Gasteiger partial charge in [-0.25, -0.2) is 4.39 Å². The van der Waals surface area contributed by atoms with Crippen molar-refractivity contribution in [3.8, 4) is 22.6 Å². The molecule has 0 saturated heterocycles. The second kappa shape index (κ2) is 14.3. The Labute approximate surface area is 254 Å². The van der Waals surface area contributed by atoms with Gasteiger partial charge in [0.05, 0.1) is 37.1 Å². The van der Waals surface area contributed by atoms with E-state index in [1.807, 2.05) is 25.1 Å². The summed E-state index contributed by atoms with van der Waals surface area (Å²) >= 11 is 6.81. The third-order valence-corrected chi connectivity index (χ3v) is 7.37. The quantitative estimate of drug-likeness (QED) is 0.137. The molecule has 0 bridgehead atoms. The predicted molar refractivity (Wildman–Crippen MR) is 165 cm³/mol. The Hall–Kier alpha value is -4.28. The molecule has 0 unspecified atom stereocenters. The summed E-state index contributed by atoms with van der Waals surface area (Å²) in [6.45, 7) is 1.66. The molecule has 0 atom stereocenters. The van der Waals surface area contributed by atoms with Gasteiger partial charge in [0.2, 0.25) is 0 Å². The Morgan fingerprint density at radius 3 is 2.37 bits per heavy atom. The van der Waals surface area contributed by atoms with Crippen LogP contribution in [0.25, 0.3) is 23.0 Å². The predicted octanol–water partition coefficient (Wildman–Crippen LogP) is 7.23. The molecule has 43 heavy (non-hydrogen) atoms. The van der Waals surface area contributed by atoms with Crippen molar-refractivity contribution in [1.29, 1.82) is 0 Å². The molecule has 1 heterocycles. The number of aliphatic hydroxyl groups is 1. The summed E-state index contributed by atoms with van der Waals surface area (Å²) in [7, 11) is 5.92. The minimum Gasteiger partial charge on any atom is -0.496 e. The van der Waals surface area contributed by atoms with Crippen LogP contribution < -0.4 is 14.8 Å². The summed E-state index contributed by atoms with van der Waals surface area (Å²) < 4.78 is 36.6. The zero-order valence-electron chi connectivity index (χ0n) is 24.4. The molecule has 0 aliphatic carbocycles. The van der Waals surface area contributed by atoms with Crippen LogP contribution in [0.5, 0.6) is 11.5 Å². The van der Waals surface area contributed by atoms with Crippen LogP contribution in [0.4, 0.5) is 10.1 Å². The third kappa shape index (κ3) is 6.87. The lowest BCUT2D eigenvalue weighted by molar-refractivity contribution is -0.107. The van der Waals surface area contributed by atoms with Crippen LogP contribution in [0.1, 0.15) is 44.6 Å². The second-order valence-electron chi connectivity index (χ2n) is 9.43. The monoisotopic (exact) mass is 606 g/mol. The topological polar surface area (TPSA) is 99.1 Å². The number of hydrogen-bond acceptors (Lipinski definition) is 7. The average molecular weight is 607 g/mol. The molecule has 2 N–H and O–H groups in total. The zero-order valence-corrected chi connectivity index (χ0v) is 25.2. The number of halogens is 2. The average Bonchev–Trinajstić information content (AvgIpc) is 3.03. The van der Waals surface area contributed by atoms with Crippen LogP contribution in [-0.2, 0) is 16.1 Å². The van der Waals surface area contributed by atoms with Crippen molar-refractivity contribution >= 4 is 35.1 Å². The Balaban J connectivity index is 1.63. The van der Waals surface area contributed by atoms with Gasteiger partial charge >= 0.3 is 0 Å². The van der Waals surface area contributed by atoms with Gasteiger partial charge in [-0.3, -0.25) is 9.78 Å². The highest BCUT2D eigenvalue weighted by Crippen LogP contribution is 2.38. The van der Waals surface area contributed by atoms with Crippen LogP contribution in [0.3, 0.4) is 0 Å². The minimum atomic E-state index is -0.706. The van der Waals surface area contributed by atoms with Gasteiger partial charge < -0.3 is 29.4 Å².